The minimum absolute atomic E-state index is 0.0771. The molecule has 2 aromatic carbocycles. The van der Waals surface area contributed by atoms with E-state index >= 15 is 0 Å². The highest BCUT2D eigenvalue weighted by Crippen LogP contribution is 2.29. The molecule has 0 amide bonds. The Morgan fingerprint density at radius 3 is 2.53 bits per heavy atom. The molecule has 0 saturated carbocycles. The van der Waals surface area contributed by atoms with E-state index in [0.29, 0.717) is 41.1 Å². The van der Waals surface area contributed by atoms with Crippen LogP contribution in [0.5, 0.6) is 0 Å². The second-order valence-electron chi connectivity index (χ2n) is 9.00. The highest BCUT2D eigenvalue weighted by Gasteiger charge is 2.34. The molecule has 1 unspecified atom stereocenters. The van der Waals surface area contributed by atoms with Gasteiger partial charge in [0.1, 0.15) is 5.69 Å². The van der Waals surface area contributed by atoms with Crippen LogP contribution < -0.4 is 0 Å². The van der Waals surface area contributed by atoms with Gasteiger partial charge in [-0.15, -0.1) is 0 Å². The van der Waals surface area contributed by atoms with Gasteiger partial charge in [-0.25, -0.2) is 13.2 Å². The minimum Gasteiger partial charge on any atom is -0.464 e. The number of ether oxygens (including phenoxy) is 2. The van der Waals surface area contributed by atoms with Crippen LogP contribution in [0, 0.1) is 13.8 Å². The molecule has 3 aromatic rings. The van der Waals surface area contributed by atoms with Gasteiger partial charge in [0, 0.05) is 36.3 Å². The van der Waals surface area contributed by atoms with Gasteiger partial charge in [0.2, 0.25) is 10.0 Å². The molecule has 1 atom stereocenters. The van der Waals surface area contributed by atoms with Crippen molar-refractivity contribution in [3.8, 4) is 0 Å². The number of fused-ring (bicyclic) bond motifs is 1. The van der Waals surface area contributed by atoms with Crippen molar-refractivity contribution in [2.24, 2.45) is 0 Å². The monoisotopic (exact) mass is 512 g/mol. The van der Waals surface area contributed by atoms with Crippen molar-refractivity contribution in [2.75, 3.05) is 26.8 Å². The van der Waals surface area contributed by atoms with Crippen molar-refractivity contribution < 1.29 is 27.5 Å². The maximum absolute atomic E-state index is 14.0. The SMILES string of the molecule is CCn1c(C)c(C(=O)CN(CC2CCCO2)S(=O)(=O)c2cccc3ccccc23)c(C)c1C(=O)OC. The summed E-state index contributed by atoms with van der Waals surface area (Å²) in [5.74, 6) is -0.903. The van der Waals surface area contributed by atoms with Crippen molar-refractivity contribution in [2.45, 2.75) is 51.2 Å². The Balaban J connectivity index is 1.77. The van der Waals surface area contributed by atoms with Gasteiger partial charge < -0.3 is 14.0 Å². The molecule has 1 aliphatic rings. The van der Waals surface area contributed by atoms with E-state index in [-0.39, 0.29) is 29.9 Å². The summed E-state index contributed by atoms with van der Waals surface area (Å²) >= 11 is 0. The fourth-order valence-electron chi connectivity index (χ4n) is 5.12. The van der Waals surface area contributed by atoms with E-state index < -0.39 is 16.0 Å². The van der Waals surface area contributed by atoms with Crippen LogP contribution in [0.15, 0.2) is 47.4 Å². The summed E-state index contributed by atoms with van der Waals surface area (Å²) in [4.78, 5) is 26.3. The Bertz CT molecular complexity index is 1400. The van der Waals surface area contributed by atoms with Crippen LogP contribution in [0.4, 0.5) is 0 Å². The maximum Gasteiger partial charge on any atom is 0.354 e. The summed E-state index contributed by atoms with van der Waals surface area (Å²) < 4.78 is 41.6. The lowest BCUT2D eigenvalue weighted by Gasteiger charge is -2.25. The average Bonchev–Trinajstić information content (AvgIpc) is 3.47. The lowest BCUT2D eigenvalue weighted by atomic mass is 10.1. The molecule has 1 fully saturated rings. The number of aromatic nitrogens is 1. The number of esters is 1. The van der Waals surface area contributed by atoms with Crippen molar-refractivity contribution in [1.29, 1.82) is 0 Å². The standard InChI is InChI=1S/C27H32N2O6S/c1-5-29-19(3)25(18(2)26(29)27(31)34-4)23(30)17-28(16-21-12-9-15-35-21)36(32,33)24-14-8-11-20-10-6-7-13-22(20)24/h6-8,10-11,13-14,21H,5,9,12,15-17H2,1-4H3. The molecular weight excluding hydrogens is 480 g/mol. The molecule has 1 aromatic heterocycles. The maximum atomic E-state index is 14.0. The quantitative estimate of drug-likeness (QED) is 0.316. The minimum atomic E-state index is -4.04. The first-order valence-corrected chi connectivity index (χ1v) is 13.5. The largest absolute Gasteiger partial charge is 0.464 e. The van der Waals surface area contributed by atoms with Gasteiger partial charge in [-0.05, 0) is 50.6 Å². The number of methoxy groups -OCH3 is 1. The van der Waals surface area contributed by atoms with Gasteiger partial charge in [0.05, 0.1) is 24.7 Å². The zero-order chi connectivity index (χ0) is 26.0. The highest BCUT2D eigenvalue weighted by atomic mass is 32.2. The fraction of sp³-hybridized carbons (Fsp3) is 0.407. The zero-order valence-electron chi connectivity index (χ0n) is 21.1. The highest BCUT2D eigenvalue weighted by molar-refractivity contribution is 7.89. The van der Waals surface area contributed by atoms with E-state index in [1.165, 1.54) is 11.4 Å². The van der Waals surface area contributed by atoms with E-state index in [0.717, 1.165) is 18.2 Å². The first kappa shape index (κ1) is 26.1. The Hall–Kier alpha value is -3.01. The molecule has 0 aliphatic carbocycles. The van der Waals surface area contributed by atoms with Crippen LogP contribution in [-0.4, -0.2) is 62.0 Å². The molecule has 1 aliphatic heterocycles. The summed E-state index contributed by atoms with van der Waals surface area (Å²) in [5, 5.41) is 1.40. The van der Waals surface area contributed by atoms with Crippen molar-refractivity contribution in [1.82, 2.24) is 8.87 Å². The van der Waals surface area contributed by atoms with Crippen molar-refractivity contribution in [3.05, 3.63) is 65.0 Å². The van der Waals surface area contributed by atoms with Crippen LogP contribution in [0.25, 0.3) is 10.8 Å². The first-order valence-electron chi connectivity index (χ1n) is 12.1. The van der Waals surface area contributed by atoms with Gasteiger partial charge in [0.15, 0.2) is 5.78 Å². The van der Waals surface area contributed by atoms with Crippen LogP contribution in [-0.2, 0) is 26.0 Å². The van der Waals surface area contributed by atoms with Crippen LogP contribution in [0.2, 0.25) is 0 Å². The van der Waals surface area contributed by atoms with Crippen molar-refractivity contribution >= 4 is 32.5 Å². The van der Waals surface area contributed by atoms with Gasteiger partial charge in [-0.3, -0.25) is 4.79 Å². The number of rotatable bonds is 9. The van der Waals surface area contributed by atoms with Crippen LogP contribution in [0.1, 0.15) is 51.9 Å². The summed E-state index contributed by atoms with van der Waals surface area (Å²) in [7, 11) is -2.74. The number of carbonyl (C=O) groups is 2. The van der Waals surface area contributed by atoms with E-state index in [4.69, 9.17) is 9.47 Å². The topological polar surface area (TPSA) is 94.9 Å². The van der Waals surface area contributed by atoms with E-state index in [1.807, 2.05) is 25.1 Å². The molecule has 192 valence electrons. The Kier molecular flexibility index (Phi) is 7.63. The predicted molar refractivity (Wildman–Crippen MR) is 137 cm³/mol. The van der Waals surface area contributed by atoms with Gasteiger partial charge in [-0.1, -0.05) is 36.4 Å². The second-order valence-corrected chi connectivity index (χ2v) is 10.9. The molecule has 36 heavy (non-hydrogen) atoms. The lowest BCUT2D eigenvalue weighted by molar-refractivity contribution is 0.0587. The van der Waals surface area contributed by atoms with E-state index in [1.54, 1.807) is 42.7 Å². The molecule has 0 N–H and O–H groups in total. The Morgan fingerprint density at radius 1 is 1.14 bits per heavy atom. The predicted octanol–water partition coefficient (Wildman–Crippen LogP) is 4.12. The molecule has 1 saturated heterocycles. The van der Waals surface area contributed by atoms with E-state index in [9.17, 15) is 18.0 Å². The fourth-order valence-corrected chi connectivity index (χ4v) is 6.77. The molecule has 2 heterocycles. The Labute approximate surface area is 211 Å². The normalized spacial score (nSPS) is 16.1. The van der Waals surface area contributed by atoms with Gasteiger partial charge >= 0.3 is 5.97 Å². The third kappa shape index (κ3) is 4.70. The molecular formula is C27H32N2O6S. The molecule has 8 nitrogen and oxygen atoms in total. The van der Waals surface area contributed by atoms with Crippen LogP contribution >= 0.6 is 0 Å². The molecule has 0 spiro atoms. The number of carbonyl (C=O) groups excluding carboxylic acids is 2. The number of sulfonamides is 1. The number of nitrogens with zero attached hydrogens (tertiary/aromatic N) is 2. The van der Waals surface area contributed by atoms with Crippen molar-refractivity contribution in [3.63, 3.8) is 0 Å². The summed E-state index contributed by atoms with van der Waals surface area (Å²) in [6.45, 7) is 6.10. The smallest absolute Gasteiger partial charge is 0.354 e. The van der Waals surface area contributed by atoms with Crippen LogP contribution in [0.3, 0.4) is 0 Å². The first-order chi connectivity index (χ1) is 17.2. The molecule has 9 heteroatoms. The van der Waals surface area contributed by atoms with Gasteiger partial charge in [-0.2, -0.15) is 4.31 Å². The molecule has 0 radical (unpaired) electrons. The second kappa shape index (κ2) is 10.5. The summed E-state index contributed by atoms with van der Waals surface area (Å²) in [5.41, 5.74) is 1.76. The van der Waals surface area contributed by atoms with E-state index in [2.05, 4.69) is 0 Å². The third-order valence-corrected chi connectivity index (χ3v) is 8.73. The number of hydrogen-bond acceptors (Lipinski definition) is 6. The Morgan fingerprint density at radius 2 is 1.86 bits per heavy atom. The number of Topliss-reactive ketones (excluding diaryl/α,β-unsaturated/α-hetero) is 1. The summed E-state index contributed by atoms with van der Waals surface area (Å²) in [6.07, 6.45) is 1.29. The summed E-state index contributed by atoms with van der Waals surface area (Å²) in [6, 6.07) is 12.4. The van der Waals surface area contributed by atoms with Gasteiger partial charge in [0.25, 0.3) is 0 Å². The molecule has 0 bridgehead atoms. The lowest BCUT2D eigenvalue weighted by Crippen LogP contribution is -2.41. The third-order valence-electron chi connectivity index (χ3n) is 6.86. The zero-order valence-corrected chi connectivity index (χ0v) is 21.9. The molecule has 4 rings (SSSR count). The number of ketones is 1. The number of hydrogen-bond donors (Lipinski definition) is 0. The average molecular weight is 513 g/mol. The number of benzene rings is 2.